The molecule has 0 bridgehead atoms. The van der Waals surface area contributed by atoms with E-state index in [0.29, 0.717) is 12.1 Å². The molecular formula is C9H15NO3. The van der Waals surface area contributed by atoms with Crippen LogP contribution in [0.2, 0.25) is 0 Å². The van der Waals surface area contributed by atoms with E-state index in [1.165, 1.54) is 6.08 Å². The predicted octanol–water partition coefficient (Wildman–Crippen LogP) is 0.934. The zero-order chi connectivity index (χ0) is 10.3. The van der Waals surface area contributed by atoms with Crippen LogP contribution in [0.4, 0.5) is 0 Å². The van der Waals surface area contributed by atoms with Crippen molar-refractivity contribution in [1.29, 1.82) is 0 Å². The summed E-state index contributed by atoms with van der Waals surface area (Å²) < 4.78 is 0. The summed E-state index contributed by atoms with van der Waals surface area (Å²) >= 11 is 0. The minimum atomic E-state index is -0.919. The molecule has 0 aliphatic carbocycles. The fourth-order valence-corrected chi connectivity index (χ4v) is 0.813. The van der Waals surface area contributed by atoms with Gasteiger partial charge in [-0.3, -0.25) is 9.59 Å². The molecule has 0 rings (SSSR count). The summed E-state index contributed by atoms with van der Waals surface area (Å²) in [6.45, 7) is 4.20. The third-order valence-corrected chi connectivity index (χ3v) is 1.36. The van der Waals surface area contributed by atoms with Crippen LogP contribution in [0.25, 0.3) is 0 Å². The molecule has 0 spiro atoms. The van der Waals surface area contributed by atoms with E-state index in [4.69, 9.17) is 5.11 Å². The van der Waals surface area contributed by atoms with Gasteiger partial charge in [-0.05, 0) is 13.3 Å². The van der Waals surface area contributed by atoms with Crippen molar-refractivity contribution in [2.75, 3.05) is 6.54 Å². The molecule has 0 saturated heterocycles. The number of carboxylic acid groups (broad SMARTS) is 1. The molecule has 74 valence electrons. The number of carboxylic acids is 1. The lowest BCUT2D eigenvalue weighted by Crippen LogP contribution is -2.22. The number of amides is 1. The fraction of sp³-hybridized carbons (Fsp3) is 0.556. The Balaban J connectivity index is 3.91. The van der Waals surface area contributed by atoms with Crippen LogP contribution in [-0.2, 0) is 9.59 Å². The number of hydrogen-bond acceptors (Lipinski definition) is 2. The number of hydrogen-bond donors (Lipinski definition) is 2. The molecule has 0 aromatic carbocycles. The van der Waals surface area contributed by atoms with Crippen molar-refractivity contribution in [3.05, 3.63) is 11.6 Å². The van der Waals surface area contributed by atoms with Gasteiger partial charge in [-0.25, -0.2) is 0 Å². The number of carbonyl (C=O) groups excluding carboxylic acids is 1. The molecule has 4 heteroatoms. The normalized spacial score (nSPS) is 11.1. The second-order valence-electron chi connectivity index (χ2n) is 2.85. The zero-order valence-corrected chi connectivity index (χ0v) is 7.96. The van der Waals surface area contributed by atoms with E-state index in [-0.39, 0.29) is 12.3 Å². The highest BCUT2D eigenvalue weighted by Crippen LogP contribution is 1.98. The maximum Gasteiger partial charge on any atom is 0.307 e. The van der Waals surface area contributed by atoms with Crippen molar-refractivity contribution in [2.45, 2.75) is 26.7 Å². The summed E-state index contributed by atoms with van der Waals surface area (Å²) in [6, 6.07) is 0. The Bertz CT molecular complexity index is 221. The van der Waals surface area contributed by atoms with Gasteiger partial charge in [0.05, 0.1) is 6.42 Å². The molecule has 0 atom stereocenters. The van der Waals surface area contributed by atoms with E-state index in [2.05, 4.69) is 5.32 Å². The molecule has 0 aliphatic heterocycles. The Morgan fingerprint density at radius 3 is 2.54 bits per heavy atom. The van der Waals surface area contributed by atoms with Gasteiger partial charge in [-0.2, -0.15) is 0 Å². The first-order valence-corrected chi connectivity index (χ1v) is 4.23. The van der Waals surface area contributed by atoms with Gasteiger partial charge in [0.25, 0.3) is 0 Å². The third kappa shape index (κ3) is 7.05. The van der Waals surface area contributed by atoms with Gasteiger partial charge in [0.15, 0.2) is 0 Å². The smallest absolute Gasteiger partial charge is 0.307 e. The Labute approximate surface area is 77.6 Å². The molecule has 2 N–H and O–H groups in total. The molecule has 0 unspecified atom stereocenters. The van der Waals surface area contributed by atoms with Crippen LogP contribution in [0.5, 0.6) is 0 Å². The Hall–Kier alpha value is -1.32. The number of nitrogens with one attached hydrogen (secondary N) is 1. The van der Waals surface area contributed by atoms with Crippen molar-refractivity contribution in [1.82, 2.24) is 5.32 Å². The van der Waals surface area contributed by atoms with Gasteiger partial charge in [0.1, 0.15) is 0 Å². The second kappa shape index (κ2) is 6.22. The molecule has 0 aromatic heterocycles. The molecule has 1 amide bonds. The van der Waals surface area contributed by atoms with Crippen LogP contribution in [0.15, 0.2) is 11.6 Å². The Morgan fingerprint density at radius 2 is 2.08 bits per heavy atom. The summed E-state index contributed by atoms with van der Waals surface area (Å²) in [7, 11) is 0. The first-order valence-electron chi connectivity index (χ1n) is 4.23. The lowest BCUT2D eigenvalue weighted by atomic mass is 10.2. The topological polar surface area (TPSA) is 66.4 Å². The van der Waals surface area contributed by atoms with Crippen LogP contribution in [-0.4, -0.2) is 23.5 Å². The molecule has 0 fully saturated rings. The predicted molar refractivity (Wildman–Crippen MR) is 49.3 cm³/mol. The van der Waals surface area contributed by atoms with Gasteiger partial charge >= 0.3 is 5.97 Å². The average Bonchev–Trinajstić information content (AvgIpc) is 1.98. The van der Waals surface area contributed by atoms with Gasteiger partial charge in [0, 0.05) is 12.6 Å². The average molecular weight is 185 g/mol. The van der Waals surface area contributed by atoms with Crippen molar-refractivity contribution in [3.8, 4) is 0 Å². The van der Waals surface area contributed by atoms with Crippen molar-refractivity contribution < 1.29 is 14.7 Å². The van der Waals surface area contributed by atoms with E-state index >= 15 is 0 Å². The van der Waals surface area contributed by atoms with Crippen molar-refractivity contribution in [3.63, 3.8) is 0 Å². The highest BCUT2D eigenvalue weighted by molar-refractivity contribution is 5.89. The first-order chi connectivity index (χ1) is 6.06. The Morgan fingerprint density at radius 1 is 1.46 bits per heavy atom. The van der Waals surface area contributed by atoms with Crippen LogP contribution >= 0.6 is 0 Å². The highest BCUT2D eigenvalue weighted by Gasteiger charge is 2.01. The van der Waals surface area contributed by atoms with E-state index in [1.807, 2.05) is 6.92 Å². The maximum absolute atomic E-state index is 11.0. The van der Waals surface area contributed by atoms with Gasteiger partial charge < -0.3 is 10.4 Å². The van der Waals surface area contributed by atoms with Crippen molar-refractivity contribution in [2.24, 2.45) is 0 Å². The summed E-state index contributed by atoms with van der Waals surface area (Å²) in [6.07, 6.45) is 2.11. The van der Waals surface area contributed by atoms with E-state index < -0.39 is 5.97 Å². The monoisotopic (exact) mass is 185 g/mol. The van der Waals surface area contributed by atoms with E-state index in [0.717, 1.165) is 6.42 Å². The number of carbonyl (C=O) groups is 2. The van der Waals surface area contributed by atoms with Crippen molar-refractivity contribution >= 4 is 11.9 Å². The minimum absolute atomic E-state index is 0.0838. The molecule has 4 nitrogen and oxygen atoms in total. The van der Waals surface area contributed by atoms with Crippen LogP contribution in [0.3, 0.4) is 0 Å². The standard InChI is InChI=1S/C9H15NO3/c1-3-4-10-8(11)5-7(2)6-9(12)13/h5H,3-4,6H2,1-2H3,(H,10,11)(H,12,13)/b7-5-. The molecular weight excluding hydrogens is 170 g/mol. The lowest BCUT2D eigenvalue weighted by molar-refractivity contribution is -0.136. The number of aliphatic carboxylic acids is 1. The summed E-state index contributed by atoms with van der Waals surface area (Å²) in [5, 5.41) is 11.0. The molecule has 0 aliphatic rings. The van der Waals surface area contributed by atoms with Gasteiger partial charge in [0.2, 0.25) is 5.91 Å². The minimum Gasteiger partial charge on any atom is -0.481 e. The maximum atomic E-state index is 11.0. The van der Waals surface area contributed by atoms with Crippen LogP contribution in [0, 0.1) is 0 Å². The zero-order valence-electron chi connectivity index (χ0n) is 7.96. The highest BCUT2D eigenvalue weighted by atomic mass is 16.4. The summed E-state index contributed by atoms with van der Waals surface area (Å²) in [5.74, 6) is -1.14. The molecule has 0 aromatic rings. The van der Waals surface area contributed by atoms with Gasteiger partial charge in [-0.1, -0.05) is 12.5 Å². The quantitative estimate of drug-likeness (QED) is 0.626. The second-order valence-corrected chi connectivity index (χ2v) is 2.85. The van der Waals surface area contributed by atoms with E-state index in [1.54, 1.807) is 6.92 Å². The Kier molecular flexibility index (Phi) is 5.59. The summed E-state index contributed by atoms with van der Waals surface area (Å²) in [4.78, 5) is 21.2. The largest absolute Gasteiger partial charge is 0.481 e. The van der Waals surface area contributed by atoms with Gasteiger partial charge in [-0.15, -0.1) is 0 Å². The molecule has 0 saturated carbocycles. The third-order valence-electron chi connectivity index (χ3n) is 1.36. The number of rotatable bonds is 5. The fourth-order valence-electron chi connectivity index (χ4n) is 0.813. The van der Waals surface area contributed by atoms with Crippen LogP contribution < -0.4 is 5.32 Å². The van der Waals surface area contributed by atoms with Crippen LogP contribution in [0.1, 0.15) is 26.7 Å². The summed E-state index contributed by atoms with van der Waals surface area (Å²) in [5.41, 5.74) is 0.557. The molecule has 0 radical (unpaired) electrons. The van der Waals surface area contributed by atoms with E-state index in [9.17, 15) is 9.59 Å². The SMILES string of the molecule is CCCNC(=O)/C=C(/C)CC(=O)O. The first kappa shape index (κ1) is 11.7. The molecule has 0 heterocycles. The lowest BCUT2D eigenvalue weighted by Gasteiger charge is -1.99. The molecule has 13 heavy (non-hydrogen) atoms.